The molecular weight excluding hydrogens is 912 g/mol. The first-order valence-corrected chi connectivity index (χ1v) is 29.5. The van der Waals surface area contributed by atoms with Gasteiger partial charge in [0.15, 0.2) is 0 Å². The van der Waals surface area contributed by atoms with Gasteiger partial charge < -0.3 is 9.80 Å². The van der Waals surface area contributed by atoms with E-state index in [1.54, 1.807) is 5.70 Å². The van der Waals surface area contributed by atoms with E-state index in [-0.39, 0.29) is 61.2 Å². The average Bonchev–Trinajstić information content (AvgIpc) is 3.48. The van der Waals surface area contributed by atoms with Gasteiger partial charge in [0.25, 0.3) is 6.71 Å². The average molecular weight is 1000 g/mol. The number of benzene rings is 3. The monoisotopic (exact) mass is 1000 g/mol. The fourth-order valence-corrected chi connectivity index (χ4v) is 16.5. The van der Waals surface area contributed by atoms with Crippen molar-refractivity contribution in [1.82, 2.24) is 0 Å². The zero-order valence-corrected chi connectivity index (χ0v) is 50.1. The Labute approximate surface area is 453 Å². The van der Waals surface area contributed by atoms with Crippen molar-refractivity contribution in [3.63, 3.8) is 0 Å². The smallest absolute Gasteiger partial charge is 0.259 e. The van der Waals surface area contributed by atoms with Crippen LogP contribution < -0.4 is 15.3 Å². The minimum atomic E-state index is -0.231. The molecule has 3 heterocycles. The van der Waals surface area contributed by atoms with E-state index >= 15 is 0 Å². The van der Waals surface area contributed by atoms with Crippen LogP contribution in [0.2, 0.25) is 0 Å². The van der Waals surface area contributed by atoms with Crippen LogP contribution in [0.15, 0.2) is 142 Å². The lowest BCUT2D eigenvalue weighted by Gasteiger charge is -2.58. The fraction of sp³-hybridized carbons (Fsp3) is 0.514. The predicted molar refractivity (Wildman–Crippen MR) is 324 cm³/mol. The lowest BCUT2D eigenvalue weighted by molar-refractivity contribution is 0.0252. The van der Waals surface area contributed by atoms with Crippen molar-refractivity contribution in [2.75, 3.05) is 9.80 Å². The Balaban J connectivity index is 1.25. The Kier molecular flexibility index (Phi) is 11.6. The quantitative estimate of drug-likeness (QED) is 0.242. The first-order chi connectivity index (χ1) is 34.2. The summed E-state index contributed by atoms with van der Waals surface area (Å²) in [5, 5.41) is 0.279. The van der Waals surface area contributed by atoms with Crippen LogP contribution >= 0.6 is 11.8 Å². The maximum atomic E-state index is 2.91. The summed E-state index contributed by atoms with van der Waals surface area (Å²) in [6.07, 6.45) is 25.8. The summed E-state index contributed by atoms with van der Waals surface area (Å²) < 4.78 is 0. The van der Waals surface area contributed by atoms with Gasteiger partial charge in [-0.3, -0.25) is 0 Å². The number of hydrogen-bond donors (Lipinski definition) is 0. The zero-order valence-electron chi connectivity index (χ0n) is 49.3. The minimum absolute atomic E-state index is 0.0238. The number of allylic oxidation sites excluding steroid dienone is 12. The van der Waals surface area contributed by atoms with Crippen LogP contribution in [-0.2, 0) is 16.2 Å². The van der Waals surface area contributed by atoms with E-state index in [9.17, 15) is 0 Å². The molecule has 11 rings (SSSR count). The summed E-state index contributed by atoms with van der Waals surface area (Å²) >= 11 is 2.16. The van der Waals surface area contributed by atoms with Crippen molar-refractivity contribution in [3.8, 4) is 0 Å². The summed E-state index contributed by atoms with van der Waals surface area (Å²) in [6, 6.07) is 22.5. The van der Waals surface area contributed by atoms with Crippen LogP contribution in [0.25, 0.3) is 5.57 Å². The van der Waals surface area contributed by atoms with Gasteiger partial charge in [-0.2, -0.15) is 0 Å². The van der Waals surface area contributed by atoms with Crippen LogP contribution in [-0.4, -0.2) is 12.0 Å². The Morgan fingerprint density at radius 1 is 0.635 bits per heavy atom. The third kappa shape index (κ3) is 8.00. The van der Waals surface area contributed by atoms with E-state index in [1.807, 2.05) is 0 Å². The molecule has 388 valence electrons. The van der Waals surface area contributed by atoms with E-state index in [0.29, 0.717) is 11.8 Å². The van der Waals surface area contributed by atoms with Gasteiger partial charge in [0.1, 0.15) is 0 Å². The fourth-order valence-electron chi connectivity index (χ4n) is 14.8. The maximum Gasteiger partial charge on any atom is 0.259 e. The number of fused-ring (bicyclic) bond motifs is 7. The number of nitrogens with zero attached hydrogens (tertiary/aromatic N) is 2. The molecule has 0 aromatic heterocycles. The lowest BCUT2D eigenvalue weighted by atomic mass is 9.33. The summed E-state index contributed by atoms with van der Waals surface area (Å²) in [7, 11) is 0. The van der Waals surface area contributed by atoms with Gasteiger partial charge >= 0.3 is 0 Å². The number of hydrogen-bond acceptors (Lipinski definition) is 3. The summed E-state index contributed by atoms with van der Waals surface area (Å²) in [6.45, 7) is 49.2. The molecule has 3 aliphatic heterocycles. The van der Waals surface area contributed by atoms with Crippen molar-refractivity contribution in [2.24, 2.45) is 44.8 Å². The van der Waals surface area contributed by atoms with Crippen LogP contribution in [0.5, 0.6) is 0 Å². The lowest BCUT2D eigenvalue weighted by Crippen LogP contribution is -2.56. The van der Waals surface area contributed by atoms with Crippen LogP contribution in [0.1, 0.15) is 185 Å². The topological polar surface area (TPSA) is 6.48 Å². The first-order valence-electron chi connectivity index (χ1n) is 28.7. The van der Waals surface area contributed by atoms with Gasteiger partial charge in [-0.1, -0.05) is 197 Å². The predicted octanol–water partition coefficient (Wildman–Crippen LogP) is 18.8. The van der Waals surface area contributed by atoms with E-state index in [4.69, 9.17) is 0 Å². The summed E-state index contributed by atoms with van der Waals surface area (Å²) in [5.41, 5.74) is 22.7. The number of rotatable bonds is 3. The zero-order chi connectivity index (χ0) is 53.4. The highest BCUT2D eigenvalue weighted by Gasteiger charge is 2.60. The largest absolute Gasteiger partial charge is 0.315 e. The summed E-state index contributed by atoms with van der Waals surface area (Å²) in [4.78, 5) is 7.20. The third-order valence-corrected chi connectivity index (χ3v) is 21.3. The second kappa shape index (κ2) is 16.6. The molecule has 0 bridgehead atoms. The van der Waals surface area contributed by atoms with E-state index in [1.165, 1.54) is 114 Å². The van der Waals surface area contributed by atoms with Crippen molar-refractivity contribution < 1.29 is 0 Å². The van der Waals surface area contributed by atoms with Gasteiger partial charge in [-0.15, -0.1) is 11.8 Å². The minimum Gasteiger partial charge on any atom is -0.315 e. The Hall–Kier alpha value is -4.41. The molecule has 8 aliphatic rings. The van der Waals surface area contributed by atoms with Crippen molar-refractivity contribution in [3.05, 3.63) is 170 Å². The van der Waals surface area contributed by atoms with Gasteiger partial charge in [0.2, 0.25) is 0 Å². The first kappa shape index (κ1) is 51.7. The van der Waals surface area contributed by atoms with Crippen molar-refractivity contribution in [1.29, 1.82) is 0 Å². The molecular formula is C70H89BN2S. The molecule has 74 heavy (non-hydrogen) atoms. The Bertz CT molecular complexity index is 3150. The molecule has 3 aromatic rings. The second-order valence-electron chi connectivity index (χ2n) is 30.4. The van der Waals surface area contributed by atoms with E-state index in [2.05, 4.69) is 263 Å². The molecule has 0 N–H and O–H groups in total. The molecule has 1 fully saturated rings. The normalized spacial score (nSPS) is 28.2. The SMILES string of the molecule is Cc1cc2c3c(c1)N(c1ccc(C(C)(C)C)cc1)C1=C(SC4C=CC(C(C)(C)C)=CC14C)B3C1=C(C3C(C=C1)C(C)(C)CCC3(C)C)N2C1=C[C@H](C)C=C(C(C)(C)C)C=C1c1ccc2c(c1)C(C)(C)CCC2(C)C. The molecule has 3 aromatic carbocycles. The molecule has 0 amide bonds. The molecule has 4 unspecified atom stereocenters. The highest BCUT2D eigenvalue weighted by Crippen LogP contribution is 2.65. The number of aryl methyl sites for hydroxylation is 1. The molecule has 0 spiro atoms. The molecule has 0 saturated heterocycles. The van der Waals surface area contributed by atoms with Gasteiger partial charge in [0, 0.05) is 50.6 Å². The number of anilines is 3. The van der Waals surface area contributed by atoms with Crippen LogP contribution in [0, 0.1) is 51.8 Å². The highest BCUT2D eigenvalue weighted by molar-refractivity contribution is 8.06. The van der Waals surface area contributed by atoms with Crippen LogP contribution in [0.4, 0.5) is 17.1 Å². The molecule has 0 radical (unpaired) electrons. The molecule has 5 aliphatic carbocycles. The van der Waals surface area contributed by atoms with Gasteiger partial charge in [-0.05, 0) is 174 Å². The molecule has 4 heteroatoms. The Morgan fingerprint density at radius 2 is 1.26 bits per heavy atom. The Morgan fingerprint density at radius 3 is 1.89 bits per heavy atom. The third-order valence-electron chi connectivity index (χ3n) is 19.7. The molecule has 2 nitrogen and oxygen atoms in total. The highest BCUT2D eigenvalue weighted by atomic mass is 32.2. The molecule has 5 atom stereocenters. The van der Waals surface area contributed by atoms with Gasteiger partial charge in [-0.25, -0.2) is 0 Å². The molecule has 1 saturated carbocycles. The summed E-state index contributed by atoms with van der Waals surface area (Å²) in [5.74, 6) is 0.923. The van der Waals surface area contributed by atoms with Gasteiger partial charge in [0.05, 0.1) is 5.70 Å². The second-order valence-corrected chi connectivity index (χ2v) is 31.6. The number of thioether (sulfide) groups is 1. The van der Waals surface area contributed by atoms with Crippen LogP contribution in [0.3, 0.4) is 0 Å². The van der Waals surface area contributed by atoms with Crippen molar-refractivity contribution >= 4 is 46.6 Å². The maximum absolute atomic E-state index is 2.91. The van der Waals surface area contributed by atoms with Crippen molar-refractivity contribution in [2.45, 2.75) is 186 Å². The van der Waals surface area contributed by atoms with E-state index < -0.39 is 0 Å². The van der Waals surface area contributed by atoms with E-state index in [0.717, 1.165) is 0 Å². The standard InChI is InChI=1S/C70H89BN2S/c1-42-35-47(65(9,10)11)40-49(44-21-27-50-52(39-44)68(16,17)32-31-66(50,12)13)54(36-42)73-56-38-43(2)37-55-59(56)71(53-29-28-51-58(60(53)73)69(18,19)34-33-67(51,14)15)62-61(72(55)48-25-22-45(23-26-48)63(3,4)5)70(20)41-46(64(6,7)8)24-30-57(70)74-62/h21-30,35-42,51,57-58H,31-34H2,1-20H3/t42-,51?,57?,58?,70?/m1/s1.